The number of nitrogens with one attached hydrogen (secondary N) is 2. The summed E-state index contributed by atoms with van der Waals surface area (Å²) in [7, 11) is 0.574. The zero-order valence-electron chi connectivity index (χ0n) is 16.2. The molecule has 8 heteroatoms. The first-order chi connectivity index (χ1) is 12.6. The minimum atomic E-state index is -3.70. The van der Waals surface area contributed by atoms with Crippen LogP contribution in [0, 0.1) is 13.8 Å². The Morgan fingerprint density at radius 2 is 1.67 bits per heavy atom. The molecular formula is C19H25N3O4S. The van der Waals surface area contributed by atoms with Crippen molar-refractivity contribution >= 4 is 27.3 Å². The quantitative estimate of drug-likeness (QED) is 0.758. The fourth-order valence-electron chi connectivity index (χ4n) is 2.62. The zero-order chi connectivity index (χ0) is 20.2. The molecule has 0 spiro atoms. The van der Waals surface area contributed by atoms with Crippen molar-refractivity contribution in [2.24, 2.45) is 0 Å². The maximum absolute atomic E-state index is 12.4. The lowest BCUT2D eigenvalue weighted by Gasteiger charge is -2.16. The minimum absolute atomic E-state index is 0.00457. The Bertz CT molecular complexity index is 920. The van der Waals surface area contributed by atoms with Crippen LogP contribution in [0.5, 0.6) is 5.75 Å². The number of hydrogen-bond donors (Lipinski definition) is 2. The molecule has 0 aliphatic carbocycles. The van der Waals surface area contributed by atoms with Crippen molar-refractivity contribution in [3.8, 4) is 5.75 Å². The number of aryl methyl sites for hydroxylation is 2. The number of carbonyl (C=O) groups is 1. The second-order valence-electron chi connectivity index (χ2n) is 6.43. The highest BCUT2D eigenvalue weighted by Crippen LogP contribution is 2.28. The summed E-state index contributed by atoms with van der Waals surface area (Å²) in [5.74, 6) is -0.0670. The van der Waals surface area contributed by atoms with Gasteiger partial charge >= 0.3 is 0 Å². The molecule has 0 bridgehead atoms. The molecule has 0 aliphatic rings. The van der Waals surface area contributed by atoms with Crippen molar-refractivity contribution in [3.05, 3.63) is 47.5 Å². The molecule has 0 unspecified atom stereocenters. The Morgan fingerprint density at radius 3 is 2.22 bits per heavy atom. The Morgan fingerprint density at radius 1 is 1.04 bits per heavy atom. The third kappa shape index (κ3) is 5.21. The van der Waals surface area contributed by atoms with Crippen LogP contribution in [0.3, 0.4) is 0 Å². The Labute approximate surface area is 160 Å². The summed E-state index contributed by atoms with van der Waals surface area (Å²) < 4.78 is 31.1. The first-order valence-corrected chi connectivity index (χ1v) is 9.80. The minimum Gasteiger partial charge on any atom is -0.495 e. The first-order valence-electron chi connectivity index (χ1n) is 8.36. The maximum atomic E-state index is 12.4. The van der Waals surface area contributed by atoms with Gasteiger partial charge in [-0.3, -0.25) is 4.79 Å². The molecule has 2 rings (SSSR count). The van der Waals surface area contributed by atoms with E-state index in [1.165, 1.54) is 33.3 Å². The zero-order valence-corrected chi connectivity index (χ0v) is 17.0. The van der Waals surface area contributed by atoms with Crippen LogP contribution in [0.25, 0.3) is 0 Å². The Kier molecular flexibility index (Phi) is 6.45. The van der Waals surface area contributed by atoms with E-state index < -0.39 is 10.0 Å². The molecule has 1 amide bonds. The summed E-state index contributed by atoms with van der Waals surface area (Å²) in [4.78, 5) is 12.2. The maximum Gasteiger partial charge on any atom is 0.246 e. The molecule has 0 saturated heterocycles. The highest BCUT2D eigenvalue weighted by atomic mass is 32.2. The van der Waals surface area contributed by atoms with Crippen molar-refractivity contribution in [3.63, 3.8) is 0 Å². The van der Waals surface area contributed by atoms with E-state index in [-0.39, 0.29) is 23.1 Å². The molecule has 2 aromatic rings. The largest absolute Gasteiger partial charge is 0.495 e. The van der Waals surface area contributed by atoms with E-state index in [2.05, 4.69) is 16.7 Å². The molecule has 2 aromatic carbocycles. The summed E-state index contributed by atoms with van der Waals surface area (Å²) in [6.45, 7) is 4.04. The summed E-state index contributed by atoms with van der Waals surface area (Å²) in [5.41, 5.74) is 3.44. The van der Waals surface area contributed by atoms with Crippen LogP contribution in [0.4, 0.5) is 11.4 Å². The topological polar surface area (TPSA) is 87.7 Å². The van der Waals surface area contributed by atoms with E-state index in [1.807, 2.05) is 26.0 Å². The molecule has 0 fully saturated rings. The van der Waals surface area contributed by atoms with Crippen LogP contribution in [0.15, 0.2) is 41.3 Å². The average Bonchev–Trinajstić information content (AvgIpc) is 2.59. The molecule has 0 heterocycles. The average molecular weight is 391 g/mol. The number of sulfonamides is 1. The number of amides is 1. The summed E-state index contributed by atoms with van der Waals surface area (Å²) >= 11 is 0. The van der Waals surface area contributed by atoms with E-state index in [1.54, 1.807) is 6.07 Å². The third-order valence-corrected chi connectivity index (χ3v) is 5.72. The monoisotopic (exact) mass is 391 g/mol. The van der Waals surface area contributed by atoms with Gasteiger partial charge < -0.3 is 15.4 Å². The van der Waals surface area contributed by atoms with E-state index in [0.717, 1.165) is 21.1 Å². The predicted molar refractivity (Wildman–Crippen MR) is 107 cm³/mol. The van der Waals surface area contributed by atoms with Crippen molar-refractivity contribution < 1.29 is 17.9 Å². The summed E-state index contributed by atoms with van der Waals surface area (Å²) in [6, 6.07) is 10.5. The lowest BCUT2D eigenvalue weighted by Crippen LogP contribution is -2.24. The van der Waals surface area contributed by atoms with Gasteiger partial charge in [0.2, 0.25) is 15.9 Å². The van der Waals surface area contributed by atoms with E-state index in [4.69, 9.17) is 4.74 Å². The van der Waals surface area contributed by atoms with Crippen LogP contribution in [-0.2, 0) is 14.8 Å². The molecule has 7 nitrogen and oxygen atoms in total. The molecule has 146 valence electrons. The lowest BCUT2D eigenvalue weighted by atomic mass is 10.1. The van der Waals surface area contributed by atoms with Crippen LogP contribution < -0.4 is 15.4 Å². The number of methoxy groups -OCH3 is 1. The molecule has 0 aromatic heterocycles. The number of rotatable bonds is 7. The number of anilines is 2. The molecule has 0 atom stereocenters. The fourth-order valence-corrected chi connectivity index (χ4v) is 3.69. The highest BCUT2D eigenvalue weighted by molar-refractivity contribution is 7.89. The van der Waals surface area contributed by atoms with Gasteiger partial charge in [-0.2, -0.15) is 0 Å². The van der Waals surface area contributed by atoms with Gasteiger partial charge in [0.15, 0.2) is 0 Å². The third-order valence-electron chi connectivity index (χ3n) is 3.88. The van der Waals surface area contributed by atoms with Crippen molar-refractivity contribution in [1.82, 2.24) is 4.31 Å². The summed E-state index contributed by atoms with van der Waals surface area (Å²) in [6.07, 6.45) is 0. The van der Waals surface area contributed by atoms with Crippen LogP contribution in [0.2, 0.25) is 0 Å². The first kappa shape index (κ1) is 20.7. The van der Waals surface area contributed by atoms with Gasteiger partial charge in [0.05, 0.1) is 13.7 Å². The van der Waals surface area contributed by atoms with Gasteiger partial charge in [-0.1, -0.05) is 6.07 Å². The number of benzene rings is 2. The van der Waals surface area contributed by atoms with E-state index in [0.29, 0.717) is 5.69 Å². The fraction of sp³-hybridized carbons (Fsp3) is 0.316. The molecule has 0 radical (unpaired) electrons. The second kappa shape index (κ2) is 8.41. The normalized spacial score (nSPS) is 11.3. The van der Waals surface area contributed by atoms with Crippen molar-refractivity contribution in [2.75, 3.05) is 38.4 Å². The van der Waals surface area contributed by atoms with Gasteiger partial charge in [0.1, 0.15) is 10.6 Å². The predicted octanol–water partition coefficient (Wildman–Crippen LogP) is 2.61. The molecule has 0 aliphatic heterocycles. The van der Waals surface area contributed by atoms with Crippen molar-refractivity contribution in [2.45, 2.75) is 18.7 Å². The highest BCUT2D eigenvalue weighted by Gasteiger charge is 2.23. The van der Waals surface area contributed by atoms with Gasteiger partial charge in [0, 0.05) is 25.5 Å². The molecular weight excluding hydrogens is 366 g/mol. The Balaban J connectivity index is 2.13. The van der Waals surface area contributed by atoms with Crippen LogP contribution in [-0.4, -0.2) is 46.4 Å². The number of carbonyl (C=O) groups excluding carboxylic acids is 1. The smallest absolute Gasteiger partial charge is 0.246 e. The van der Waals surface area contributed by atoms with Crippen LogP contribution >= 0.6 is 0 Å². The van der Waals surface area contributed by atoms with E-state index >= 15 is 0 Å². The van der Waals surface area contributed by atoms with Crippen molar-refractivity contribution in [1.29, 1.82) is 0 Å². The Hall–Kier alpha value is -2.58. The number of nitrogens with zero attached hydrogens (tertiary/aromatic N) is 1. The van der Waals surface area contributed by atoms with E-state index in [9.17, 15) is 13.2 Å². The molecule has 0 saturated carbocycles. The molecule has 27 heavy (non-hydrogen) atoms. The van der Waals surface area contributed by atoms with Gasteiger partial charge in [-0.05, 0) is 55.3 Å². The lowest BCUT2D eigenvalue weighted by molar-refractivity contribution is -0.114. The molecule has 2 N–H and O–H groups in total. The van der Waals surface area contributed by atoms with Gasteiger partial charge in [0.25, 0.3) is 0 Å². The number of hydrogen-bond acceptors (Lipinski definition) is 5. The van der Waals surface area contributed by atoms with Gasteiger partial charge in [-0.15, -0.1) is 0 Å². The second-order valence-corrected chi connectivity index (χ2v) is 8.55. The summed E-state index contributed by atoms with van der Waals surface area (Å²) in [5, 5.41) is 5.77. The van der Waals surface area contributed by atoms with Gasteiger partial charge in [-0.25, -0.2) is 12.7 Å². The number of ether oxygens (including phenoxy) is 1. The standard InChI is InChI=1S/C19H25N3O4S/c1-13-8-14(2)10-16(9-13)20-12-19(23)21-15-6-7-17(26-5)18(11-15)27(24,25)22(3)4/h6-11,20H,12H2,1-5H3,(H,21,23). The SMILES string of the molecule is COc1ccc(NC(=O)CNc2cc(C)cc(C)c2)cc1S(=O)(=O)N(C)C. The van der Waals surface area contributed by atoms with Crippen LogP contribution in [0.1, 0.15) is 11.1 Å².